The van der Waals surface area contributed by atoms with Gasteiger partial charge in [0, 0.05) is 24.7 Å². The van der Waals surface area contributed by atoms with Gasteiger partial charge in [0.25, 0.3) is 0 Å². The number of aromatic nitrogens is 2. The molecule has 2 heterocycles. The number of aliphatic imine (C=N–C) groups is 1. The fraction of sp³-hybridized carbons (Fsp3) is 0.357. The zero-order valence-electron chi connectivity index (χ0n) is 11.1. The van der Waals surface area contributed by atoms with E-state index in [1.807, 2.05) is 6.08 Å². The van der Waals surface area contributed by atoms with E-state index in [2.05, 4.69) is 33.2 Å². The van der Waals surface area contributed by atoms with Crippen LogP contribution >= 0.6 is 23.2 Å². The maximum Gasteiger partial charge on any atom is 0.224 e. The summed E-state index contributed by atoms with van der Waals surface area (Å²) in [5, 5.41) is 0.714. The Balaban J connectivity index is 2.22. The molecule has 0 aromatic carbocycles. The molecule has 1 saturated heterocycles. The van der Waals surface area contributed by atoms with E-state index in [1.54, 1.807) is 6.08 Å². The van der Waals surface area contributed by atoms with Crippen molar-refractivity contribution in [3.8, 4) is 0 Å². The first-order valence-corrected chi connectivity index (χ1v) is 7.13. The normalized spacial score (nSPS) is 19.8. The van der Waals surface area contributed by atoms with Crippen LogP contribution in [0.15, 0.2) is 35.6 Å². The van der Waals surface area contributed by atoms with E-state index < -0.39 is 0 Å². The van der Waals surface area contributed by atoms with Crippen LogP contribution in [-0.2, 0) is 0 Å². The summed E-state index contributed by atoms with van der Waals surface area (Å²) >= 11 is 12.0. The van der Waals surface area contributed by atoms with E-state index in [0.29, 0.717) is 16.8 Å². The lowest BCUT2D eigenvalue weighted by atomic mass is 9.94. The molecule has 0 aliphatic carbocycles. The zero-order valence-corrected chi connectivity index (χ0v) is 12.6. The number of allylic oxidation sites excluding steroid dienone is 2. The van der Waals surface area contributed by atoms with Crippen LogP contribution in [0.5, 0.6) is 0 Å². The maximum absolute atomic E-state index is 6.16. The molecular weight excluding hydrogens is 295 g/mol. The highest BCUT2D eigenvalue weighted by Crippen LogP contribution is 2.31. The van der Waals surface area contributed by atoms with Gasteiger partial charge in [0.2, 0.25) is 5.28 Å². The minimum Gasteiger partial charge on any atom is -0.355 e. The smallest absolute Gasteiger partial charge is 0.224 e. The molecule has 1 unspecified atom stereocenters. The Kier molecular flexibility index (Phi) is 5.15. The van der Waals surface area contributed by atoms with Gasteiger partial charge in [-0.3, -0.25) is 4.99 Å². The lowest BCUT2D eigenvalue weighted by molar-refractivity contribution is 0.461. The standard InChI is InChI=1S/C14H16Cl2N4/c1-3-5-12(17-2)10-6-4-7-20(9-10)13-11(15)8-18-14(16)19-13/h3,5,8,10H,1-2,4,6-7,9H2/b12-5-. The van der Waals surface area contributed by atoms with E-state index in [4.69, 9.17) is 23.2 Å². The van der Waals surface area contributed by atoms with Crippen LogP contribution < -0.4 is 4.90 Å². The minimum atomic E-state index is 0.204. The highest BCUT2D eigenvalue weighted by molar-refractivity contribution is 6.33. The van der Waals surface area contributed by atoms with Gasteiger partial charge < -0.3 is 4.90 Å². The molecule has 1 aliphatic heterocycles. The molecule has 0 spiro atoms. The summed E-state index contributed by atoms with van der Waals surface area (Å²) in [6.07, 6.45) is 7.26. The van der Waals surface area contributed by atoms with Crippen molar-refractivity contribution in [2.75, 3.05) is 18.0 Å². The molecule has 0 amide bonds. The molecule has 1 aromatic rings. The van der Waals surface area contributed by atoms with Crippen molar-refractivity contribution in [3.63, 3.8) is 0 Å². The number of anilines is 1. The summed E-state index contributed by atoms with van der Waals surface area (Å²) in [7, 11) is 0. The third kappa shape index (κ3) is 3.38. The Morgan fingerprint density at radius 2 is 2.30 bits per heavy atom. The van der Waals surface area contributed by atoms with Gasteiger partial charge in [-0.1, -0.05) is 24.3 Å². The molecule has 6 heteroatoms. The van der Waals surface area contributed by atoms with Crippen LogP contribution in [-0.4, -0.2) is 29.8 Å². The number of hydrogen-bond donors (Lipinski definition) is 0. The van der Waals surface area contributed by atoms with Crippen LogP contribution in [0.25, 0.3) is 0 Å². The number of hydrogen-bond acceptors (Lipinski definition) is 4. The van der Waals surface area contributed by atoms with Crippen molar-refractivity contribution in [3.05, 3.63) is 40.9 Å². The van der Waals surface area contributed by atoms with Crippen LogP contribution in [0.3, 0.4) is 0 Å². The molecule has 1 fully saturated rings. The summed E-state index contributed by atoms with van der Waals surface area (Å²) < 4.78 is 0. The maximum atomic E-state index is 6.16. The predicted molar refractivity (Wildman–Crippen MR) is 84.8 cm³/mol. The average Bonchev–Trinajstić information content (AvgIpc) is 2.47. The molecule has 106 valence electrons. The summed E-state index contributed by atoms with van der Waals surface area (Å²) in [5.74, 6) is 0.974. The third-order valence-corrected chi connectivity index (χ3v) is 3.76. The molecule has 1 aromatic heterocycles. The Morgan fingerprint density at radius 3 is 3.00 bits per heavy atom. The number of rotatable bonds is 4. The second-order valence-electron chi connectivity index (χ2n) is 4.58. The summed E-state index contributed by atoms with van der Waals surface area (Å²) in [6, 6.07) is 0. The summed E-state index contributed by atoms with van der Waals surface area (Å²) in [6.45, 7) is 9.01. The topological polar surface area (TPSA) is 41.4 Å². The van der Waals surface area contributed by atoms with Gasteiger partial charge in [0.15, 0.2) is 5.82 Å². The van der Waals surface area contributed by atoms with Crippen LogP contribution in [0.4, 0.5) is 5.82 Å². The van der Waals surface area contributed by atoms with E-state index in [9.17, 15) is 0 Å². The summed E-state index contributed by atoms with van der Waals surface area (Å²) in [5.41, 5.74) is 0.945. The first-order valence-electron chi connectivity index (χ1n) is 6.38. The Morgan fingerprint density at radius 1 is 1.50 bits per heavy atom. The van der Waals surface area contributed by atoms with Gasteiger partial charge in [-0.15, -0.1) is 0 Å². The van der Waals surface area contributed by atoms with Crippen molar-refractivity contribution in [1.29, 1.82) is 0 Å². The van der Waals surface area contributed by atoms with Gasteiger partial charge in [-0.25, -0.2) is 4.98 Å². The first kappa shape index (κ1) is 15.0. The fourth-order valence-electron chi connectivity index (χ4n) is 2.41. The Labute approximate surface area is 128 Å². The van der Waals surface area contributed by atoms with E-state index in [1.165, 1.54) is 6.20 Å². The van der Waals surface area contributed by atoms with E-state index in [-0.39, 0.29) is 5.28 Å². The minimum absolute atomic E-state index is 0.204. The van der Waals surface area contributed by atoms with E-state index >= 15 is 0 Å². The molecule has 20 heavy (non-hydrogen) atoms. The molecular formula is C14H16Cl2N4. The van der Waals surface area contributed by atoms with Gasteiger partial charge in [0.05, 0.1) is 6.20 Å². The molecule has 1 atom stereocenters. The van der Waals surface area contributed by atoms with Gasteiger partial charge >= 0.3 is 0 Å². The predicted octanol–water partition coefficient (Wildman–Crippen LogP) is 3.77. The van der Waals surface area contributed by atoms with E-state index in [0.717, 1.165) is 31.6 Å². The SMILES string of the molecule is C=C/C=C(\N=C)C1CCCN(c2nc(Cl)ncc2Cl)C1. The highest BCUT2D eigenvalue weighted by atomic mass is 35.5. The van der Waals surface area contributed by atoms with Crippen molar-refractivity contribution >= 4 is 35.7 Å². The molecule has 0 bridgehead atoms. The third-order valence-electron chi connectivity index (χ3n) is 3.31. The number of halogens is 2. The fourth-order valence-corrected chi connectivity index (χ4v) is 2.75. The Hall–Kier alpha value is -1.39. The lowest BCUT2D eigenvalue weighted by Gasteiger charge is -2.34. The van der Waals surface area contributed by atoms with Crippen molar-refractivity contribution in [2.45, 2.75) is 12.8 Å². The summed E-state index contributed by atoms with van der Waals surface area (Å²) in [4.78, 5) is 14.3. The first-order chi connectivity index (χ1) is 9.65. The second kappa shape index (κ2) is 6.86. The van der Waals surface area contributed by atoms with Gasteiger partial charge in [0.1, 0.15) is 5.02 Å². The molecule has 1 aliphatic rings. The average molecular weight is 311 g/mol. The largest absolute Gasteiger partial charge is 0.355 e. The second-order valence-corrected chi connectivity index (χ2v) is 5.33. The van der Waals surface area contributed by atoms with Crippen LogP contribution in [0.2, 0.25) is 10.3 Å². The molecule has 0 radical (unpaired) electrons. The van der Waals surface area contributed by atoms with Crippen LogP contribution in [0, 0.1) is 5.92 Å². The molecule has 2 rings (SSSR count). The molecule has 0 saturated carbocycles. The van der Waals surface area contributed by atoms with Crippen molar-refractivity contribution in [1.82, 2.24) is 9.97 Å². The highest BCUT2D eigenvalue weighted by Gasteiger charge is 2.25. The number of piperidine rings is 1. The lowest BCUT2D eigenvalue weighted by Crippen LogP contribution is -2.36. The molecule has 0 N–H and O–H groups in total. The van der Waals surface area contributed by atoms with Crippen LogP contribution in [0.1, 0.15) is 12.8 Å². The monoisotopic (exact) mass is 310 g/mol. The number of nitrogens with zero attached hydrogens (tertiary/aromatic N) is 4. The van der Waals surface area contributed by atoms with Crippen molar-refractivity contribution < 1.29 is 0 Å². The quantitative estimate of drug-likeness (QED) is 0.483. The van der Waals surface area contributed by atoms with Gasteiger partial charge in [-0.05, 0) is 37.2 Å². The molecule has 4 nitrogen and oxygen atoms in total. The Bertz CT molecular complexity index is 542. The van der Waals surface area contributed by atoms with Gasteiger partial charge in [-0.2, -0.15) is 4.98 Å². The zero-order chi connectivity index (χ0) is 14.5. The van der Waals surface area contributed by atoms with Crippen molar-refractivity contribution in [2.24, 2.45) is 10.9 Å².